The molecule has 0 radical (unpaired) electrons. The van der Waals surface area contributed by atoms with E-state index in [9.17, 15) is 9.59 Å². The number of carbonyl (C=O) groups is 2. The summed E-state index contributed by atoms with van der Waals surface area (Å²) < 4.78 is 32.0. The number of Topliss-reactive ketones (excluding diaryl/α,β-unsaturated/α-hetero) is 1. The van der Waals surface area contributed by atoms with Crippen LogP contribution in [0, 0.1) is 0 Å². The number of hydrogen-bond acceptors (Lipinski definition) is 7. The minimum atomic E-state index is -0.747. The van der Waals surface area contributed by atoms with Crippen molar-refractivity contribution in [2.45, 2.75) is 96.0 Å². The SMILES string of the molecule is CC(=O)[C@@H]1C[C@@H]2OC(COCc3ccccc3)[C@H](OCc3ccccc3)[C@H](OCc3ccccc3)C2N1C(=O)OC(C)(C)C. The standard InChI is InChI=1S/C36H43NO7/c1-25(38)29-20-30-32(37(29)35(39)44-36(2,3)4)34(42-23-28-18-12-7-13-19-28)33(41-22-27-16-10-6-11-17-27)31(43-30)24-40-21-26-14-8-5-9-15-26/h5-19,29-34H,20-24H2,1-4H3/t29-,30-,31?,32?,33-,34+/m0/s1. The second-order valence-corrected chi connectivity index (χ2v) is 12.5. The molecule has 2 saturated heterocycles. The molecule has 2 fully saturated rings. The molecule has 0 aliphatic carbocycles. The van der Waals surface area contributed by atoms with Crippen LogP contribution in [0.4, 0.5) is 4.79 Å². The van der Waals surface area contributed by atoms with Gasteiger partial charge in [0.15, 0.2) is 5.78 Å². The van der Waals surface area contributed by atoms with E-state index in [1.54, 1.807) is 0 Å². The van der Waals surface area contributed by atoms with Gasteiger partial charge in [0.1, 0.15) is 23.9 Å². The molecule has 8 heteroatoms. The van der Waals surface area contributed by atoms with Gasteiger partial charge in [0.2, 0.25) is 0 Å². The highest BCUT2D eigenvalue weighted by Crippen LogP contribution is 2.40. The molecular formula is C36H43NO7. The molecule has 2 aliphatic rings. The smallest absolute Gasteiger partial charge is 0.411 e. The molecule has 8 nitrogen and oxygen atoms in total. The lowest BCUT2D eigenvalue weighted by atomic mass is 9.92. The van der Waals surface area contributed by atoms with E-state index in [0.29, 0.717) is 26.2 Å². The van der Waals surface area contributed by atoms with Gasteiger partial charge in [0.25, 0.3) is 0 Å². The Balaban J connectivity index is 1.47. The summed E-state index contributed by atoms with van der Waals surface area (Å²) >= 11 is 0. The number of fused-ring (bicyclic) bond motifs is 1. The van der Waals surface area contributed by atoms with Crippen molar-refractivity contribution in [3.05, 3.63) is 108 Å². The molecule has 0 bridgehead atoms. The Hall–Kier alpha value is -3.56. The molecule has 0 saturated carbocycles. The predicted octanol–water partition coefficient (Wildman–Crippen LogP) is 6.11. The van der Waals surface area contributed by atoms with Crippen LogP contribution in [-0.4, -0.2) is 65.5 Å². The molecule has 0 spiro atoms. The van der Waals surface area contributed by atoms with E-state index in [1.807, 2.05) is 112 Å². The summed E-state index contributed by atoms with van der Waals surface area (Å²) in [5.74, 6) is -0.130. The van der Waals surface area contributed by atoms with Crippen molar-refractivity contribution in [3.8, 4) is 0 Å². The molecule has 2 heterocycles. The zero-order valence-corrected chi connectivity index (χ0v) is 26.0. The molecule has 234 valence electrons. The van der Waals surface area contributed by atoms with E-state index < -0.39 is 48.2 Å². The van der Waals surface area contributed by atoms with E-state index in [1.165, 1.54) is 11.8 Å². The van der Waals surface area contributed by atoms with E-state index in [2.05, 4.69) is 0 Å². The Morgan fingerprint density at radius 1 is 0.773 bits per heavy atom. The van der Waals surface area contributed by atoms with Gasteiger partial charge in [-0.25, -0.2) is 4.79 Å². The van der Waals surface area contributed by atoms with Crippen LogP contribution in [0.25, 0.3) is 0 Å². The molecule has 2 aliphatic heterocycles. The van der Waals surface area contributed by atoms with Crippen molar-refractivity contribution >= 4 is 11.9 Å². The lowest BCUT2D eigenvalue weighted by Gasteiger charge is -2.46. The maximum absolute atomic E-state index is 13.7. The zero-order chi connectivity index (χ0) is 31.1. The van der Waals surface area contributed by atoms with Gasteiger partial charge in [-0.15, -0.1) is 0 Å². The monoisotopic (exact) mass is 601 g/mol. The number of likely N-dealkylation sites (tertiary alicyclic amines) is 1. The van der Waals surface area contributed by atoms with Gasteiger partial charge < -0.3 is 23.7 Å². The summed E-state index contributed by atoms with van der Waals surface area (Å²) in [5, 5.41) is 0. The molecule has 6 atom stereocenters. The summed E-state index contributed by atoms with van der Waals surface area (Å²) in [5.41, 5.74) is 2.29. The first-order chi connectivity index (χ1) is 21.2. The van der Waals surface area contributed by atoms with Crippen LogP contribution >= 0.6 is 0 Å². The predicted molar refractivity (Wildman–Crippen MR) is 166 cm³/mol. The summed E-state index contributed by atoms with van der Waals surface area (Å²) in [6.45, 7) is 8.22. The average Bonchev–Trinajstić information content (AvgIpc) is 3.40. The molecule has 44 heavy (non-hydrogen) atoms. The van der Waals surface area contributed by atoms with Crippen LogP contribution in [0.15, 0.2) is 91.0 Å². The van der Waals surface area contributed by atoms with Crippen LogP contribution in [0.5, 0.6) is 0 Å². The lowest BCUT2D eigenvalue weighted by Crippen LogP contribution is -2.64. The molecule has 0 aromatic heterocycles. The van der Waals surface area contributed by atoms with Crippen molar-refractivity contribution in [1.82, 2.24) is 4.90 Å². The van der Waals surface area contributed by atoms with Gasteiger partial charge in [0.05, 0.1) is 44.6 Å². The first kappa shape index (κ1) is 31.9. The molecular weight excluding hydrogens is 558 g/mol. The Bertz CT molecular complexity index is 1350. The normalized spacial score (nSPS) is 25.0. The van der Waals surface area contributed by atoms with Crippen molar-refractivity contribution in [2.24, 2.45) is 0 Å². The highest BCUT2D eigenvalue weighted by molar-refractivity contribution is 5.86. The molecule has 0 N–H and O–H groups in total. The van der Waals surface area contributed by atoms with Crippen LogP contribution in [0.1, 0.15) is 50.8 Å². The molecule has 3 aromatic carbocycles. The topological polar surface area (TPSA) is 83.5 Å². The van der Waals surface area contributed by atoms with Crippen LogP contribution < -0.4 is 0 Å². The van der Waals surface area contributed by atoms with Gasteiger partial charge in [-0.2, -0.15) is 0 Å². The van der Waals surface area contributed by atoms with Crippen molar-refractivity contribution in [3.63, 3.8) is 0 Å². The third-order valence-corrected chi connectivity index (χ3v) is 7.91. The number of carbonyl (C=O) groups excluding carboxylic acids is 2. The minimum Gasteiger partial charge on any atom is -0.444 e. The quantitative estimate of drug-likeness (QED) is 0.262. The minimum absolute atomic E-state index is 0.130. The number of amides is 1. The molecule has 1 amide bonds. The van der Waals surface area contributed by atoms with Crippen LogP contribution in [0.3, 0.4) is 0 Å². The van der Waals surface area contributed by atoms with E-state index in [4.69, 9.17) is 23.7 Å². The first-order valence-corrected chi connectivity index (χ1v) is 15.3. The fraction of sp³-hybridized carbons (Fsp3) is 0.444. The maximum Gasteiger partial charge on any atom is 0.411 e. The van der Waals surface area contributed by atoms with Gasteiger partial charge in [0, 0.05) is 6.42 Å². The average molecular weight is 602 g/mol. The number of ketones is 1. The van der Waals surface area contributed by atoms with Gasteiger partial charge in [-0.3, -0.25) is 9.69 Å². The zero-order valence-electron chi connectivity index (χ0n) is 26.0. The Labute approximate surface area is 260 Å². The number of hydrogen-bond donors (Lipinski definition) is 0. The summed E-state index contributed by atoms with van der Waals surface area (Å²) in [6.07, 6.45) is -2.44. The second kappa shape index (κ2) is 14.5. The molecule has 5 rings (SSSR count). The number of ether oxygens (including phenoxy) is 5. The summed E-state index contributed by atoms with van der Waals surface area (Å²) in [6, 6.07) is 28.4. The Kier molecular flexibility index (Phi) is 10.5. The second-order valence-electron chi connectivity index (χ2n) is 12.5. The van der Waals surface area contributed by atoms with Gasteiger partial charge >= 0.3 is 6.09 Å². The number of nitrogens with zero attached hydrogens (tertiary/aromatic N) is 1. The largest absolute Gasteiger partial charge is 0.444 e. The van der Waals surface area contributed by atoms with Gasteiger partial charge in [-0.05, 0) is 44.4 Å². The molecule has 2 unspecified atom stereocenters. The Morgan fingerprint density at radius 3 is 1.77 bits per heavy atom. The van der Waals surface area contributed by atoms with Crippen molar-refractivity contribution in [1.29, 1.82) is 0 Å². The highest BCUT2D eigenvalue weighted by atomic mass is 16.6. The fourth-order valence-corrected chi connectivity index (χ4v) is 5.93. The van der Waals surface area contributed by atoms with E-state index >= 15 is 0 Å². The summed E-state index contributed by atoms with van der Waals surface area (Å²) in [4.78, 5) is 28.2. The third kappa shape index (κ3) is 8.12. The highest BCUT2D eigenvalue weighted by Gasteiger charge is 2.58. The van der Waals surface area contributed by atoms with E-state index in [-0.39, 0.29) is 12.4 Å². The maximum atomic E-state index is 13.7. The number of benzene rings is 3. The van der Waals surface area contributed by atoms with E-state index in [0.717, 1.165) is 16.7 Å². The summed E-state index contributed by atoms with van der Waals surface area (Å²) in [7, 11) is 0. The van der Waals surface area contributed by atoms with Crippen LogP contribution in [-0.2, 0) is 48.3 Å². The lowest BCUT2D eigenvalue weighted by molar-refractivity contribution is -0.234. The van der Waals surface area contributed by atoms with Crippen molar-refractivity contribution < 1.29 is 33.3 Å². The van der Waals surface area contributed by atoms with Crippen LogP contribution in [0.2, 0.25) is 0 Å². The fourth-order valence-electron chi connectivity index (χ4n) is 5.93. The molecule has 3 aromatic rings. The first-order valence-electron chi connectivity index (χ1n) is 15.3. The Morgan fingerprint density at radius 2 is 1.27 bits per heavy atom. The number of rotatable bonds is 11. The van der Waals surface area contributed by atoms with Crippen molar-refractivity contribution in [2.75, 3.05) is 6.61 Å². The van der Waals surface area contributed by atoms with Gasteiger partial charge in [-0.1, -0.05) is 91.0 Å². The third-order valence-electron chi connectivity index (χ3n) is 7.91.